The van der Waals surface area contributed by atoms with Crippen LogP contribution < -0.4 is 4.90 Å². The second kappa shape index (κ2) is 5.48. The Kier molecular flexibility index (Phi) is 3.64. The maximum atomic E-state index is 13.1. The predicted octanol–water partition coefficient (Wildman–Crippen LogP) is 3.14. The summed E-state index contributed by atoms with van der Waals surface area (Å²) in [7, 11) is 0. The van der Waals surface area contributed by atoms with Crippen LogP contribution in [0.3, 0.4) is 0 Å². The molecule has 3 rings (SSSR count). The number of aryl methyl sites for hydroxylation is 1. The fraction of sp³-hybridized carbons (Fsp3) is 0.353. The highest BCUT2D eigenvalue weighted by Gasteiger charge is 2.31. The molecule has 22 heavy (non-hydrogen) atoms. The molecule has 5 heteroatoms. The molecule has 1 aliphatic heterocycles. The zero-order valence-corrected chi connectivity index (χ0v) is 12.9. The van der Waals surface area contributed by atoms with Gasteiger partial charge in [0.25, 0.3) is 0 Å². The summed E-state index contributed by atoms with van der Waals surface area (Å²) in [6.45, 7) is 6.67. The number of fused-ring (bicyclic) bond motifs is 1. The molecule has 114 valence electrons. The van der Waals surface area contributed by atoms with Crippen LogP contribution in [0.15, 0.2) is 24.3 Å². The standard InChI is InChI=1S/C17H18FN3O/c1-10(2)9-21-15(22)8-14-11(3)19-16(20-17(14)21)12-4-6-13(18)7-5-12/h4-7,10H,8-9H2,1-3H3. The third-order valence-corrected chi connectivity index (χ3v) is 3.73. The number of benzene rings is 1. The summed E-state index contributed by atoms with van der Waals surface area (Å²) >= 11 is 0. The van der Waals surface area contributed by atoms with Crippen LogP contribution in [0.4, 0.5) is 10.2 Å². The Balaban J connectivity index is 2.06. The van der Waals surface area contributed by atoms with Crippen LogP contribution in [0.2, 0.25) is 0 Å². The molecule has 4 nitrogen and oxygen atoms in total. The van der Waals surface area contributed by atoms with Crippen molar-refractivity contribution in [3.05, 3.63) is 41.3 Å². The van der Waals surface area contributed by atoms with E-state index in [1.54, 1.807) is 17.0 Å². The summed E-state index contributed by atoms with van der Waals surface area (Å²) in [4.78, 5) is 23.0. The molecule has 0 radical (unpaired) electrons. The number of nitrogens with zero attached hydrogens (tertiary/aromatic N) is 3. The van der Waals surface area contributed by atoms with Crippen LogP contribution in [0.25, 0.3) is 11.4 Å². The molecule has 1 aliphatic rings. The summed E-state index contributed by atoms with van der Waals surface area (Å²) in [5.41, 5.74) is 2.46. The van der Waals surface area contributed by atoms with Gasteiger partial charge in [-0.25, -0.2) is 14.4 Å². The largest absolute Gasteiger partial charge is 0.296 e. The van der Waals surface area contributed by atoms with Gasteiger partial charge < -0.3 is 0 Å². The Labute approximate surface area is 129 Å². The van der Waals surface area contributed by atoms with Gasteiger partial charge in [0.1, 0.15) is 11.6 Å². The number of rotatable bonds is 3. The minimum Gasteiger partial charge on any atom is -0.296 e. The lowest BCUT2D eigenvalue weighted by Crippen LogP contribution is -2.31. The zero-order chi connectivity index (χ0) is 15.9. The molecular formula is C17H18FN3O. The fourth-order valence-electron chi connectivity index (χ4n) is 2.66. The van der Waals surface area contributed by atoms with E-state index in [1.807, 2.05) is 6.92 Å². The monoisotopic (exact) mass is 299 g/mol. The Morgan fingerprint density at radius 2 is 1.91 bits per heavy atom. The van der Waals surface area contributed by atoms with Crippen LogP contribution in [0.5, 0.6) is 0 Å². The van der Waals surface area contributed by atoms with Gasteiger partial charge in [0.05, 0.1) is 6.42 Å². The molecule has 0 unspecified atom stereocenters. The first-order valence-electron chi connectivity index (χ1n) is 7.39. The second-order valence-electron chi connectivity index (χ2n) is 6.02. The zero-order valence-electron chi connectivity index (χ0n) is 12.9. The number of amides is 1. The lowest BCUT2D eigenvalue weighted by atomic mass is 10.1. The minimum atomic E-state index is -0.293. The van der Waals surface area contributed by atoms with E-state index in [1.165, 1.54) is 12.1 Å². The molecule has 0 fully saturated rings. The van der Waals surface area contributed by atoms with Crippen LogP contribution in [0, 0.1) is 18.7 Å². The van der Waals surface area contributed by atoms with Crippen molar-refractivity contribution in [1.29, 1.82) is 0 Å². The van der Waals surface area contributed by atoms with Crippen molar-refractivity contribution in [2.75, 3.05) is 11.4 Å². The van der Waals surface area contributed by atoms with Gasteiger partial charge in [-0.1, -0.05) is 13.8 Å². The van der Waals surface area contributed by atoms with Crippen molar-refractivity contribution in [2.24, 2.45) is 5.92 Å². The van der Waals surface area contributed by atoms with Crippen molar-refractivity contribution in [3.8, 4) is 11.4 Å². The van der Waals surface area contributed by atoms with Crippen molar-refractivity contribution in [3.63, 3.8) is 0 Å². The van der Waals surface area contributed by atoms with E-state index in [-0.39, 0.29) is 11.7 Å². The van der Waals surface area contributed by atoms with E-state index < -0.39 is 0 Å². The summed E-state index contributed by atoms with van der Waals surface area (Å²) in [5, 5.41) is 0. The molecule has 0 atom stereocenters. The van der Waals surface area contributed by atoms with E-state index >= 15 is 0 Å². The SMILES string of the molecule is Cc1nc(-c2ccc(F)cc2)nc2c1CC(=O)N2CC(C)C. The highest BCUT2D eigenvalue weighted by Crippen LogP contribution is 2.31. The van der Waals surface area contributed by atoms with E-state index in [4.69, 9.17) is 0 Å². The van der Waals surface area contributed by atoms with Gasteiger partial charge in [0, 0.05) is 23.4 Å². The van der Waals surface area contributed by atoms with Crippen molar-refractivity contribution in [1.82, 2.24) is 9.97 Å². The Bertz CT molecular complexity index is 725. The molecule has 2 aromatic rings. The fourth-order valence-corrected chi connectivity index (χ4v) is 2.66. The number of carbonyl (C=O) groups excluding carboxylic acids is 1. The molecule has 1 aromatic heterocycles. The molecule has 0 bridgehead atoms. The smallest absolute Gasteiger partial charge is 0.232 e. The number of hydrogen-bond donors (Lipinski definition) is 0. The summed E-state index contributed by atoms with van der Waals surface area (Å²) in [6.07, 6.45) is 0.359. The predicted molar refractivity (Wildman–Crippen MR) is 83.1 cm³/mol. The summed E-state index contributed by atoms with van der Waals surface area (Å²) < 4.78 is 13.1. The second-order valence-corrected chi connectivity index (χ2v) is 6.02. The van der Waals surface area contributed by atoms with Gasteiger partial charge >= 0.3 is 0 Å². The maximum absolute atomic E-state index is 13.1. The number of halogens is 1. The molecule has 2 heterocycles. The number of carbonyl (C=O) groups is 1. The van der Waals surface area contributed by atoms with Crippen molar-refractivity contribution < 1.29 is 9.18 Å². The molecule has 1 aromatic carbocycles. The first-order chi connectivity index (χ1) is 10.5. The van der Waals surface area contributed by atoms with Gasteiger partial charge in [-0.05, 0) is 37.1 Å². The highest BCUT2D eigenvalue weighted by atomic mass is 19.1. The third kappa shape index (κ3) is 2.58. The van der Waals surface area contributed by atoms with Crippen LogP contribution in [-0.4, -0.2) is 22.4 Å². The van der Waals surface area contributed by atoms with Gasteiger partial charge in [0.2, 0.25) is 5.91 Å². The minimum absolute atomic E-state index is 0.0670. The molecular weight excluding hydrogens is 281 g/mol. The van der Waals surface area contributed by atoms with Crippen LogP contribution >= 0.6 is 0 Å². The first kappa shape index (κ1) is 14.6. The quantitative estimate of drug-likeness (QED) is 0.874. The Morgan fingerprint density at radius 3 is 2.55 bits per heavy atom. The average Bonchev–Trinajstić information content (AvgIpc) is 2.77. The maximum Gasteiger partial charge on any atom is 0.232 e. The summed E-state index contributed by atoms with van der Waals surface area (Å²) in [5.74, 6) is 1.36. The van der Waals surface area contributed by atoms with Gasteiger partial charge in [-0.3, -0.25) is 9.69 Å². The molecule has 0 saturated heterocycles. The average molecular weight is 299 g/mol. The summed E-state index contributed by atoms with van der Waals surface area (Å²) in [6, 6.07) is 6.08. The Hall–Kier alpha value is -2.30. The van der Waals surface area contributed by atoms with Crippen LogP contribution in [0.1, 0.15) is 25.1 Å². The van der Waals surface area contributed by atoms with Gasteiger partial charge in [-0.2, -0.15) is 0 Å². The molecule has 0 saturated carbocycles. The Morgan fingerprint density at radius 1 is 1.23 bits per heavy atom. The van der Waals surface area contributed by atoms with Gasteiger partial charge in [-0.15, -0.1) is 0 Å². The lowest BCUT2D eigenvalue weighted by molar-refractivity contribution is -0.117. The van der Waals surface area contributed by atoms with Crippen molar-refractivity contribution >= 4 is 11.7 Å². The molecule has 0 N–H and O–H groups in total. The number of anilines is 1. The van der Waals surface area contributed by atoms with E-state index in [0.29, 0.717) is 30.5 Å². The van der Waals surface area contributed by atoms with E-state index in [9.17, 15) is 9.18 Å². The van der Waals surface area contributed by atoms with E-state index in [0.717, 1.165) is 16.8 Å². The van der Waals surface area contributed by atoms with E-state index in [2.05, 4.69) is 23.8 Å². The normalized spacial score (nSPS) is 13.9. The van der Waals surface area contributed by atoms with Crippen molar-refractivity contribution in [2.45, 2.75) is 27.2 Å². The topological polar surface area (TPSA) is 46.1 Å². The number of hydrogen-bond acceptors (Lipinski definition) is 3. The first-order valence-corrected chi connectivity index (χ1v) is 7.39. The van der Waals surface area contributed by atoms with Gasteiger partial charge in [0.15, 0.2) is 5.82 Å². The third-order valence-electron chi connectivity index (χ3n) is 3.73. The van der Waals surface area contributed by atoms with Crippen LogP contribution in [-0.2, 0) is 11.2 Å². The molecule has 0 aliphatic carbocycles. The highest BCUT2D eigenvalue weighted by molar-refractivity contribution is 6.00. The lowest BCUT2D eigenvalue weighted by Gasteiger charge is -2.19. The molecule has 1 amide bonds. The number of aromatic nitrogens is 2. The molecule has 0 spiro atoms.